The summed E-state index contributed by atoms with van der Waals surface area (Å²) >= 11 is 0. The molecule has 0 aliphatic carbocycles. The van der Waals surface area contributed by atoms with Crippen LogP contribution in [0.4, 0.5) is 0 Å². The predicted molar refractivity (Wildman–Crippen MR) is 44.2 cm³/mol. The molecule has 0 atom stereocenters. The van der Waals surface area contributed by atoms with Crippen molar-refractivity contribution in [1.82, 2.24) is 0 Å². The lowest BCUT2D eigenvalue weighted by Crippen LogP contribution is -2.17. The van der Waals surface area contributed by atoms with Crippen LogP contribution in [0.15, 0.2) is 0 Å². The van der Waals surface area contributed by atoms with E-state index >= 15 is 0 Å². The standard InChI is InChI=1S/C2H8B2O4.C2H6O2/c5-3(6)1-2-4(7)8;3-1-2-4/h5-8H,1-2H2;3-4H,1-2H2. The second kappa shape index (κ2) is 10.9. The molecule has 0 saturated carbocycles. The number of hydrogen-bond acceptors (Lipinski definition) is 6. The van der Waals surface area contributed by atoms with Crippen LogP contribution in [0.25, 0.3) is 0 Å². The molecule has 0 radical (unpaired) electrons. The van der Waals surface area contributed by atoms with Gasteiger partial charge in [-0.1, -0.05) is 0 Å². The molecular weight excluding hydrogens is 166 g/mol. The molecule has 12 heavy (non-hydrogen) atoms. The second-order valence-electron chi connectivity index (χ2n) is 1.99. The van der Waals surface area contributed by atoms with E-state index in [-0.39, 0.29) is 25.9 Å². The molecule has 8 heteroatoms. The van der Waals surface area contributed by atoms with Gasteiger partial charge in [-0.05, 0) is 12.6 Å². The SMILES string of the molecule is OB(O)CCB(O)O.OCCO. The Balaban J connectivity index is 0. The van der Waals surface area contributed by atoms with Gasteiger partial charge in [-0.25, -0.2) is 0 Å². The minimum absolute atomic E-state index is 0.00231. The molecule has 6 nitrogen and oxygen atoms in total. The van der Waals surface area contributed by atoms with Gasteiger partial charge in [-0.3, -0.25) is 0 Å². The van der Waals surface area contributed by atoms with Crippen LogP contribution in [-0.2, 0) is 0 Å². The van der Waals surface area contributed by atoms with Gasteiger partial charge in [0.25, 0.3) is 0 Å². The van der Waals surface area contributed by atoms with Gasteiger partial charge in [0.1, 0.15) is 0 Å². The highest BCUT2D eigenvalue weighted by Gasteiger charge is 2.12. The highest BCUT2D eigenvalue weighted by Crippen LogP contribution is 1.93. The third-order valence-electron chi connectivity index (χ3n) is 0.783. The predicted octanol–water partition coefficient (Wildman–Crippen LogP) is -3.10. The van der Waals surface area contributed by atoms with Gasteiger partial charge in [0.15, 0.2) is 0 Å². The summed E-state index contributed by atoms with van der Waals surface area (Å²) in [6.45, 7) is -0.250. The Bertz CT molecular complexity index is 69.9. The molecule has 0 unspecified atom stereocenters. The van der Waals surface area contributed by atoms with E-state index in [2.05, 4.69) is 0 Å². The number of aliphatic hydroxyl groups excluding tert-OH is 2. The summed E-state index contributed by atoms with van der Waals surface area (Å²) in [5.41, 5.74) is 0. The summed E-state index contributed by atoms with van der Waals surface area (Å²) in [5, 5.41) is 47.8. The molecule has 0 heterocycles. The van der Waals surface area contributed by atoms with Gasteiger partial charge in [0, 0.05) is 0 Å². The van der Waals surface area contributed by atoms with Crippen LogP contribution in [0.5, 0.6) is 0 Å². The van der Waals surface area contributed by atoms with Crippen molar-refractivity contribution in [3.8, 4) is 0 Å². The molecule has 0 aliphatic heterocycles. The summed E-state index contributed by atoms with van der Waals surface area (Å²) in [7, 11) is -2.87. The van der Waals surface area contributed by atoms with E-state index in [1.165, 1.54) is 0 Å². The van der Waals surface area contributed by atoms with E-state index in [0.717, 1.165) is 0 Å². The molecule has 6 N–H and O–H groups in total. The van der Waals surface area contributed by atoms with Crippen molar-refractivity contribution in [2.45, 2.75) is 12.6 Å². The maximum absolute atomic E-state index is 8.13. The Morgan fingerprint density at radius 2 is 0.917 bits per heavy atom. The number of rotatable bonds is 4. The van der Waals surface area contributed by atoms with Crippen LogP contribution < -0.4 is 0 Å². The average molecular weight is 180 g/mol. The summed E-state index contributed by atoms with van der Waals surface area (Å²) in [6.07, 6.45) is -0.00463. The lowest BCUT2D eigenvalue weighted by atomic mass is 9.72. The van der Waals surface area contributed by atoms with Gasteiger partial charge in [0.05, 0.1) is 13.2 Å². The molecule has 72 valence electrons. The van der Waals surface area contributed by atoms with E-state index in [1.807, 2.05) is 0 Å². The first kappa shape index (κ1) is 14.4. The van der Waals surface area contributed by atoms with Crippen LogP contribution in [0, 0.1) is 0 Å². The van der Waals surface area contributed by atoms with E-state index in [9.17, 15) is 0 Å². The monoisotopic (exact) mass is 180 g/mol. The van der Waals surface area contributed by atoms with Gasteiger partial charge in [0.2, 0.25) is 0 Å². The first-order chi connectivity index (χ1) is 5.54. The van der Waals surface area contributed by atoms with Crippen molar-refractivity contribution in [2.24, 2.45) is 0 Å². The van der Waals surface area contributed by atoms with Crippen LogP contribution >= 0.6 is 0 Å². The average Bonchev–Trinajstić information content (AvgIpc) is 2.01. The zero-order chi connectivity index (χ0) is 9.98. The second-order valence-corrected chi connectivity index (χ2v) is 1.99. The van der Waals surface area contributed by atoms with Crippen molar-refractivity contribution in [3.05, 3.63) is 0 Å². The summed E-state index contributed by atoms with van der Waals surface area (Å²) in [4.78, 5) is 0. The summed E-state index contributed by atoms with van der Waals surface area (Å²) in [6, 6.07) is 0. The Labute approximate surface area is 71.4 Å². The molecule has 0 aromatic carbocycles. The van der Waals surface area contributed by atoms with Crippen molar-refractivity contribution in [3.63, 3.8) is 0 Å². The molecular formula is C4H14B2O6. The fraction of sp³-hybridized carbons (Fsp3) is 1.00. The lowest BCUT2D eigenvalue weighted by Gasteiger charge is -1.95. The van der Waals surface area contributed by atoms with Crippen molar-refractivity contribution in [2.75, 3.05) is 13.2 Å². The number of hydrogen-bond donors (Lipinski definition) is 6. The Hall–Kier alpha value is -0.110. The van der Waals surface area contributed by atoms with E-state index in [0.29, 0.717) is 0 Å². The maximum Gasteiger partial charge on any atom is 0.450 e. The molecule has 0 bridgehead atoms. The minimum atomic E-state index is -1.43. The molecule has 0 aromatic heterocycles. The van der Waals surface area contributed by atoms with Crippen molar-refractivity contribution < 1.29 is 30.3 Å². The molecule has 0 rings (SSSR count). The number of aliphatic hydroxyl groups is 2. The van der Waals surface area contributed by atoms with Gasteiger partial charge >= 0.3 is 14.2 Å². The van der Waals surface area contributed by atoms with Gasteiger partial charge in [-0.2, -0.15) is 0 Å². The molecule has 0 saturated heterocycles. The van der Waals surface area contributed by atoms with Gasteiger partial charge in [-0.15, -0.1) is 0 Å². The van der Waals surface area contributed by atoms with E-state index < -0.39 is 14.2 Å². The third kappa shape index (κ3) is 22.5. The molecule has 0 spiro atoms. The largest absolute Gasteiger partial charge is 0.450 e. The van der Waals surface area contributed by atoms with Crippen LogP contribution in [0.2, 0.25) is 12.6 Å². The Morgan fingerprint density at radius 1 is 0.667 bits per heavy atom. The Morgan fingerprint density at radius 3 is 1.00 bits per heavy atom. The van der Waals surface area contributed by atoms with Crippen LogP contribution in [-0.4, -0.2) is 57.8 Å². The first-order valence-electron chi connectivity index (χ1n) is 3.48. The topological polar surface area (TPSA) is 121 Å². The van der Waals surface area contributed by atoms with E-state index in [1.54, 1.807) is 0 Å². The molecule has 0 fully saturated rings. The highest BCUT2D eigenvalue weighted by atomic mass is 16.4. The van der Waals surface area contributed by atoms with Gasteiger partial charge < -0.3 is 30.3 Å². The fourth-order valence-corrected chi connectivity index (χ4v) is 0.298. The quantitative estimate of drug-likeness (QED) is 0.255. The van der Waals surface area contributed by atoms with Crippen molar-refractivity contribution in [1.29, 1.82) is 0 Å². The minimum Gasteiger partial charge on any atom is -0.427 e. The smallest absolute Gasteiger partial charge is 0.427 e. The normalized spacial score (nSPS) is 8.50. The fourth-order valence-electron chi connectivity index (χ4n) is 0.298. The highest BCUT2D eigenvalue weighted by molar-refractivity contribution is 6.47. The molecule has 0 amide bonds. The lowest BCUT2D eigenvalue weighted by molar-refractivity contribution is 0.186. The molecule has 0 aromatic rings. The van der Waals surface area contributed by atoms with Crippen LogP contribution in [0.3, 0.4) is 0 Å². The van der Waals surface area contributed by atoms with Crippen molar-refractivity contribution >= 4 is 14.2 Å². The maximum atomic E-state index is 8.13. The zero-order valence-electron chi connectivity index (χ0n) is 6.67. The van der Waals surface area contributed by atoms with E-state index in [4.69, 9.17) is 30.3 Å². The Kier molecular flexibility index (Phi) is 13.1. The molecule has 0 aliphatic rings. The summed E-state index contributed by atoms with van der Waals surface area (Å²) < 4.78 is 0. The first-order valence-corrected chi connectivity index (χ1v) is 3.48. The summed E-state index contributed by atoms with van der Waals surface area (Å²) in [5.74, 6) is 0. The zero-order valence-corrected chi connectivity index (χ0v) is 6.67. The third-order valence-corrected chi connectivity index (χ3v) is 0.783. The van der Waals surface area contributed by atoms with Crippen LogP contribution in [0.1, 0.15) is 0 Å².